The molecule has 4 nitrogen and oxygen atoms in total. The summed E-state index contributed by atoms with van der Waals surface area (Å²) in [4.78, 5) is 3.48. The molecule has 1 aliphatic carbocycles. The molecule has 1 aromatic carbocycles. The van der Waals surface area contributed by atoms with Crippen LogP contribution in [-0.4, -0.2) is 16.1 Å². The summed E-state index contributed by atoms with van der Waals surface area (Å²) in [5.74, 6) is 3.55. The third-order valence-corrected chi connectivity index (χ3v) is 3.56. The van der Waals surface area contributed by atoms with Crippen LogP contribution in [0.5, 0.6) is 0 Å². The minimum absolute atomic E-state index is 0.377. The van der Waals surface area contributed by atoms with E-state index in [9.17, 15) is 0 Å². The molecular weight excluding hydrogens is 232 g/mol. The first kappa shape index (κ1) is 10.6. The van der Waals surface area contributed by atoms with E-state index in [0.29, 0.717) is 11.2 Å². The molecule has 1 aliphatic rings. The molecule has 0 aliphatic heterocycles. The number of rotatable bonds is 1. The maximum Gasteiger partial charge on any atom is 0.213 e. The summed E-state index contributed by atoms with van der Waals surface area (Å²) >= 11 is 5.08. The first-order valence-corrected chi connectivity index (χ1v) is 6.11. The van der Waals surface area contributed by atoms with Gasteiger partial charge in [-0.15, -0.1) is 0 Å². The average Bonchev–Trinajstić information content (AvgIpc) is 2.85. The van der Waals surface area contributed by atoms with E-state index in [4.69, 9.17) is 12.2 Å². The molecule has 0 fully saturated rings. The first-order valence-electron chi connectivity index (χ1n) is 5.70. The molecule has 0 spiro atoms. The zero-order valence-electron chi connectivity index (χ0n) is 9.42. The number of nitrogens with one attached hydrogen (secondary N) is 3. The molecule has 17 heavy (non-hydrogen) atoms. The quantitative estimate of drug-likeness (QED) is 0.431. The molecule has 1 aromatic heterocycles. The molecule has 0 amide bonds. The highest BCUT2D eigenvalue weighted by Crippen LogP contribution is 2.29. The van der Waals surface area contributed by atoms with E-state index >= 15 is 0 Å². The Labute approximate surface area is 105 Å². The Kier molecular flexibility index (Phi) is 2.49. The lowest BCUT2D eigenvalue weighted by Crippen LogP contribution is -2.70. The fraction of sp³-hybridized carbons (Fsp3) is 0.250. The van der Waals surface area contributed by atoms with Gasteiger partial charge in [0, 0.05) is 29.1 Å². The van der Waals surface area contributed by atoms with Crippen molar-refractivity contribution in [1.29, 1.82) is 0 Å². The maximum atomic E-state index is 5.08. The number of fused-ring (bicyclic) bond motifs is 3. The van der Waals surface area contributed by atoms with E-state index in [-0.39, 0.29) is 0 Å². The van der Waals surface area contributed by atoms with Crippen LogP contribution in [0.25, 0.3) is 10.9 Å². The zero-order chi connectivity index (χ0) is 11.8. The van der Waals surface area contributed by atoms with Gasteiger partial charge in [0.25, 0.3) is 0 Å². The number of benzene rings is 1. The van der Waals surface area contributed by atoms with E-state index in [2.05, 4.69) is 45.8 Å². The molecule has 1 unspecified atom stereocenters. The standard InChI is InChI=1S/C12H14N4S/c13-16-12(17)14-7-5-9-8-3-1-2-4-10(8)15-11(9)6-7/h1-4,7,15H,5-6,13H2,(H2,14,16,17)/p+1. The lowest BCUT2D eigenvalue weighted by molar-refractivity contribution is -0.419. The van der Waals surface area contributed by atoms with Crippen LogP contribution in [0, 0.1) is 0 Å². The molecular formula is C12H15N4S+. The number of hydrogen-bond donors (Lipinski definition) is 4. The van der Waals surface area contributed by atoms with E-state index < -0.39 is 0 Å². The molecule has 88 valence electrons. The molecule has 1 atom stereocenters. The third-order valence-electron chi connectivity index (χ3n) is 3.30. The van der Waals surface area contributed by atoms with Gasteiger partial charge in [0.15, 0.2) is 0 Å². The summed E-state index contributed by atoms with van der Waals surface area (Å²) in [6.07, 6.45) is 2.01. The van der Waals surface area contributed by atoms with E-state index in [1.54, 1.807) is 0 Å². The molecule has 0 saturated carbocycles. The van der Waals surface area contributed by atoms with Gasteiger partial charge < -0.3 is 10.3 Å². The van der Waals surface area contributed by atoms with Crippen molar-refractivity contribution in [3.8, 4) is 0 Å². The molecule has 2 aromatic rings. The topological polar surface area (TPSA) is 67.5 Å². The summed E-state index contributed by atoms with van der Waals surface area (Å²) in [5, 5.41) is 5.21. The highest BCUT2D eigenvalue weighted by molar-refractivity contribution is 7.80. The molecule has 0 bridgehead atoms. The number of aromatic amines is 1. The second-order valence-electron chi connectivity index (χ2n) is 4.38. The van der Waals surface area contributed by atoms with Gasteiger partial charge in [0.2, 0.25) is 5.11 Å². The summed E-state index contributed by atoms with van der Waals surface area (Å²) in [6.45, 7) is 0. The normalized spacial score (nSPS) is 18.1. The highest BCUT2D eigenvalue weighted by Gasteiger charge is 2.25. The van der Waals surface area contributed by atoms with Gasteiger partial charge >= 0.3 is 0 Å². The van der Waals surface area contributed by atoms with E-state index in [0.717, 1.165) is 12.8 Å². The smallest absolute Gasteiger partial charge is 0.213 e. The van der Waals surface area contributed by atoms with Gasteiger partial charge in [-0.2, -0.15) is 0 Å². The van der Waals surface area contributed by atoms with Crippen molar-refractivity contribution in [3.05, 3.63) is 35.5 Å². The minimum Gasteiger partial charge on any atom is -0.358 e. The van der Waals surface area contributed by atoms with E-state index in [1.165, 1.54) is 22.2 Å². The van der Waals surface area contributed by atoms with Gasteiger partial charge in [0.1, 0.15) is 0 Å². The summed E-state index contributed by atoms with van der Waals surface area (Å²) < 4.78 is 0. The van der Waals surface area contributed by atoms with Crippen molar-refractivity contribution in [1.82, 2.24) is 15.7 Å². The van der Waals surface area contributed by atoms with Crippen molar-refractivity contribution in [2.75, 3.05) is 0 Å². The average molecular weight is 247 g/mol. The van der Waals surface area contributed by atoms with Crippen LogP contribution in [0.2, 0.25) is 0 Å². The van der Waals surface area contributed by atoms with Gasteiger partial charge in [-0.25, -0.2) is 5.43 Å². The van der Waals surface area contributed by atoms with Crippen molar-refractivity contribution >= 4 is 28.2 Å². The van der Waals surface area contributed by atoms with Crippen LogP contribution in [-0.2, 0) is 12.8 Å². The molecule has 1 heterocycles. The van der Waals surface area contributed by atoms with Crippen molar-refractivity contribution < 1.29 is 5.84 Å². The van der Waals surface area contributed by atoms with Gasteiger partial charge in [-0.05, 0) is 30.3 Å². The number of para-hydroxylation sites is 1. The molecule has 0 saturated heterocycles. The third kappa shape index (κ3) is 1.77. The molecule has 5 heteroatoms. The van der Waals surface area contributed by atoms with Gasteiger partial charge in [0.05, 0.1) is 0 Å². The van der Waals surface area contributed by atoms with Gasteiger partial charge in [-0.1, -0.05) is 18.2 Å². The number of aromatic nitrogens is 1. The second kappa shape index (κ2) is 4.01. The molecule has 6 N–H and O–H groups in total. The van der Waals surface area contributed by atoms with Crippen LogP contribution < -0.4 is 16.6 Å². The van der Waals surface area contributed by atoms with Crippen LogP contribution in [0.15, 0.2) is 24.3 Å². The number of H-pyrrole nitrogens is 1. The van der Waals surface area contributed by atoms with Crippen molar-refractivity contribution in [2.45, 2.75) is 18.9 Å². The summed E-state index contributed by atoms with van der Waals surface area (Å²) in [6, 6.07) is 8.82. The SMILES string of the molecule is [NH3+]NC(=S)NC1Cc2[nH]c3ccccc3c2C1. The first-order chi connectivity index (χ1) is 8.28. The zero-order valence-corrected chi connectivity index (χ0v) is 10.2. The lowest BCUT2D eigenvalue weighted by atomic mass is 10.1. The minimum atomic E-state index is 0.377. The summed E-state index contributed by atoms with van der Waals surface area (Å²) in [5.41, 5.74) is 6.69. The Balaban J connectivity index is 1.87. The largest absolute Gasteiger partial charge is 0.358 e. The van der Waals surface area contributed by atoms with Crippen LogP contribution in [0.1, 0.15) is 11.3 Å². The maximum absolute atomic E-state index is 5.08. The monoisotopic (exact) mass is 247 g/mol. The summed E-state index contributed by atoms with van der Waals surface area (Å²) in [7, 11) is 0. The Morgan fingerprint density at radius 1 is 1.35 bits per heavy atom. The number of thiocarbonyl (C=S) groups is 1. The van der Waals surface area contributed by atoms with Crippen LogP contribution in [0.4, 0.5) is 0 Å². The van der Waals surface area contributed by atoms with Crippen LogP contribution in [0.3, 0.4) is 0 Å². The Morgan fingerprint density at radius 3 is 3.00 bits per heavy atom. The Hall–Kier alpha value is -1.59. The number of quaternary nitrogens is 1. The number of hydrogen-bond acceptors (Lipinski definition) is 1. The fourth-order valence-electron chi connectivity index (χ4n) is 2.57. The molecule has 3 rings (SSSR count). The Morgan fingerprint density at radius 2 is 2.18 bits per heavy atom. The van der Waals surface area contributed by atoms with Gasteiger partial charge in [-0.3, -0.25) is 5.84 Å². The molecule has 0 radical (unpaired) electrons. The van der Waals surface area contributed by atoms with Crippen molar-refractivity contribution in [2.24, 2.45) is 0 Å². The second-order valence-corrected chi connectivity index (χ2v) is 4.79. The van der Waals surface area contributed by atoms with E-state index in [1.807, 2.05) is 0 Å². The predicted molar refractivity (Wildman–Crippen MR) is 71.3 cm³/mol. The predicted octanol–water partition coefficient (Wildman–Crippen LogP) is 0.256. The highest BCUT2D eigenvalue weighted by atomic mass is 32.1. The Bertz CT molecular complexity index is 575. The lowest BCUT2D eigenvalue weighted by Gasteiger charge is -2.12. The van der Waals surface area contributed by atoms with Crippen molar-refractivity contribution in [3.63, 3.8) is 0 Å². The fourth-order valence-corrected chi connectivity index (χ4v) is 2.73. The van der Waals surface area contributed by atoms with Crippen LogP contribution >= 0.6 is 12.2 Å².